The number of nitrogens with one attached hydrogen (secondary N) is 2. The molecule has 1 aliphatic carbocycles. The van der Waals surface area contributed by atoms with E-state index in [4.69, 9.17) is 5.11 Å². The maximum Gasteiger partial charge on any atom is 0.322 e. The molecule has 2 unspecified atom stereocenters. The predicted octanol–water partition coefficient (Wildman–Crippen LogP) is 0.470. The molecule has 3 heterocycles. The van der Waals surface area contributed by atoms with Crippen molar-refractivity contribution in [3.05, 3.63) is 35.9 Å². The van der Waals surface area contributed by atoms with Crippen LogP contribution in [0.15, 0.2) is 30.3 Å². The summed E-state index contributed by atoms with van der Waals surface area (Å²) in [5, 5.41) is 14.0. The number of hydrogen-bond donors (Lipinski definition) is 3. The first-order valence-electron chi connectivity index (χ1n) is 8.63. The van der Waals surface area contributed by atoms with Crippen molar-refractivity contribution >= 4 is 17.8 Å². The fraction of sp³-hybridized carbons (Fsp3) is 0.500. The third kappa shape index (κ3) is 4.79. The van der Waals surface area contributed by atoms with Gasteiger partial charge in [0.2, 0.25) is 5.91 Å². The molecule has 0 radical (unpaired) electrons. The second kappa shape index (κ2) is 7.65. The van der Waals surface area contributed by atoms with Gasteiger partial charge in [-0.1, -0.05) is 18.2 Å². The Hall–Kier alpha value is -2.41. The van der Waals surface area contributed by atoms with E-state index < -0.39 is 5.97 Å². The van der Waals surface area contributed by atoms with Gasteiger partial charge in [0.25, 0.3) is 5.91 Å². The highest BCUT2D eigenvalue weighted by Crippen LogP contribution is 2.33. The second-order valence-corrected chi connectivity index (χ2v) is 6.76. The first-order chi connectivity index (χ1) is 12.0. The number of benzene rings is 1. The quantitative estimate of drug-likeness (QED) is 0.737. The number of piperidine rings is 1. The number of nitrogens with zero attached hydrogens (tertiary/aromatic N) is 1. The van der Waals surface area contributed by atoms with E-state index in [1.54, 1.807) is 30.3 Å². The molecule has 1 saturated carbocycles. The Morgan fingerprint density at radius 3 is 2.24 bits per heavy atom. The molecule has 134 valence electrons. The van der Waals surface area contributed by atoms with Crippen LogP contribution >= 0.6 is 0 Å². The summed E-state index contributed by atoms with van der Waals surface area (Å²) in [7, 11) is 0. The lowest BCUT2D eigenvalue weighted by molar-refractivity contribution is -0.137. The molecule has 5 rings (SSSR count). The SMILES string of the molecule is O=C(C1CC1)N1CC2CC(C1)N2.O=C(O)CNC(=O)c1ccccc1. The van der Waals surface area contributed by atoms with Gasteiger partial charge < -0.3 is 20.6 Å². The molecule has 0 spiro atoms. The van der Waals surface area contributed by atoms with E-state index in [2.05, 4.69) is 15.5 Å². The molecule has 1 aromatic rings. The number of fused-ring (bicyclic) bond motifs is 2. The summed E-state index contributed by atoms with van der Waals surface area (Å²) < 4.78 is 0. The molecule has 3 aliphatic heterocycles. The zero-order valence-electron chi connectivity index (χ0n) is 14.0. The van der Waals surface area contributed by atoms with Gasteiger partial charge in [0.15, 0.2) is 0 Å². The zero-order valence-corrected chi connectivity index (χ0v) is 14.0. The Bertz CT molecular complexity index is 629. The molecule has 3 N–H and O–H groups in total. The monoisotopic (exact) mass is 345 g/mol. The summed E-state index contributed by atoms with van der Waals surface area (Å²) in [5.41, 5.74) is 0.462. The molecular formula is C18H23N3O4. The van der Waals surface area contributed by atoms with Crippen LogP contribution in [0.1, 0.15) is 29.6 Å². The van der Waals surface area contributed by atoms with Gasteiger partial charge in [0.1, 0.15) is 6.54 Å². The Labute approximate surface area is 146 Å². The Kier molecular flexibility index (Phi) is 5.33. The fourth-order valence-corrected chi connectivity index (χ4v) is 3.13. The van der Waals surface area contributed by atoms with Crippen molar-refractivity contribution in [2.75, 3.05) is 19.6 Å². The topological polar surface area (TPSA) is 98.7 Å². The van der Waals surface area contributed by atoms with Crippen LogP contribution in [0.2, 0.25) is 0 Å². The number of carboxylic acids is 1. The van der Waals surface area contributed by atoms with Crippen molar-refractivity contribution in [3.63, 3.8) is 0 Å². The van der Waals surface area contributed by atoms with E-state index in [0.717, 1.165) is 25.9 Å². The molecular weight excluding hydrogens is 322 g/mol. The van der Waals surface area contributed by atoms with Crippen molar-refractivity contribution in [1.82, 2.24) is 15.5 Å². The van der Waals surface area contributed by atoms with Crippen LogP contribution in [-0.4, -0.2) is 59.5 Å². The number of carbonyl (C=O) groups excluding carboxylic acids is 2. The van der Waals surface area contributed by atoms with Crippen LogP contribution in [0, 0.1) is 5.92 Å². The van der Waals surface area contributed by atoms with Crippen LogP contribution in [0.3, 0.4) is 0 Å². The van der Waals surface area contributed by atoms with Gasteiger partial charge in [-0.05, 0) is 31.4 Å². The largest absolute Gasteiger partial charge is 0.480 e. The number of amides is 2. The highest BCUT2D eigenvalue weighted by atomic mass is 16.4. The molecule has 3 saturated heterocycles. The summed E-state index contributed by atoms with van der Waals surface area (Å²) in [4.78, 5) is 35.0. The van der Waals surface area contributed by atoms with Crippen molar-refractivity contribution in [2.24, 2.45) is 5.92 Å². The Morgan fingerprint density at radius 1 is 1.12 bits per heavy atom. The van der Waals surface area contributed by atoms with E-state index >= 15 is 0 Å². The molecule has 2 amide bonds. The minimum Gasteiger partial charge on any atom is -0.480 e. The predicted molar refractivity (Wildman–Crippen MR) is 91.0 cm³/mol. The molecule has 0 aromatic heterocycles. The molecule has 1 aromatic carbocycles. The average molecular weight is 345 g/mol. The maximum absolute atomic E-state index is 11.6. The molecule has 2 atom stereocenters. The molecule has 7 nitrogen and oxygen atoms in total. The molecule has 2 bridgehead atoms. The Balaban J connectivity index is 0.000000146. The van der Waals surface area contributed by atoms with Crippen LogP contribution in [0.25, 0.3) is 0 Å². The first-order valence-corrected chi connectivity index (χ1v) is 8.63. The van der Waals surface area contributed by atoms with E-state index in [1.165, 1.54) is 6.42 Å². The lowest BCUT2D eigenvalue weighted by Gasteiger charge is -2.48. The summed E-state index contributed by atoms with van der Waals surface area (Å²) >= 11 is 0. The number of hydrogen-bond acceptors (Lipinski definition) is 4. The standard InChI is InChI=1S/C9H14N2O.C9H9NO3/c12-9(6-1-2-6)11-4-7-3-8(5-11)10-7;11-8(12)6-10-9(13)7-4-2-1-3-5-7/h6-8,10H,1-5H2;1-5H,6H2,(H,10,13)(H,11,12). The third-order valence-corrected chi connectivity index (χ3v) is 4.60. The van der Waals surface area contributed by atoms with Gasteiger partial charge in [-0.25, -0.2) is 0 Å². The summed E-state index contributed by atoms with van der Waals surface area (Å²) in [6.45, 7) is 1.57. The summed E-state index contributed by atoms with van der Waals surface area (Å²) in [5.74, 6) is -0.596. The fourth-order valence-electron chi connectivity index (χ4n) is 3.13. The van der Waals surface area contributed by atoms with Gasteiger partial charge in [0.05, 0.1) is 0 Å². The van der Waals surface area contributed by atoms with Gasteiger partial charge in [-0.3, -0.25) is 14.4 Å². The normalized spacial score (nSPS) is 23.6. The summed E-state index contributed by atoms with van der Waals surface area (Å²) in [6.07, 6.45) is 3.56. The van der Waals surface area contributed by atoms with Gasteiger partial charge >= 0.3 is 5.97 Å². The molecule has 25 heavy (non-hydrogen) atoms. The van der Waals surface area contributed by atoms with Gasteiger partial charge in [-0.15, -0.1) is 0 Å². The highest BCUT2D eigenvalue weighted by Gasteiger charge is 2.42. The van der Waals surface area contributed by atoms with Crippen LogP contribution in [-0.2, 0) is 9.59 Å². The van der Waals surface area contributed by atoms with E-state index in [9.17, 15) is 14.4 Å². The second-order valence-electron chi connectivity index (χ2n) is 6.76. The minimum absolute atomic E-state index is 0.353. The number of carbonyl (C=O) groups is 3. The lowest BCUT2D eigenvalue weighted by atomic mass is 9.91. The smallest absolute Gasteiger partial charge is 0.322 e. The molecule has 7 heteroatoms. The van der Waals surface area contributed by atoms with Gasteiger partial charge in [-0.2, -0.15) is 0 Å². The van der Waals surface area contributed by atoms with Crippen LogP contribution in [0.4, 0.5) is 0 Å². The summed E-state index contributed by atoms with van der Waals surface area (Å²) in [6, 6.07) is 9.70. The number of rotatable bonds is 4. The van der Waals surface area contributed by atoms with Crippen molar-refractivity contribution in [2.45, 2.75) is 31.3 Å². The molecule has 4 fully saturated rings. The minimum atomic E-state index is -1.05. The maximum atomic E-state index is 11.6. The van der Waals surface area contributed by atoms with Crippen LogP contribution < -0.4 is 10.6 Å². The molecule has 4 aliphatic rings. The number of piperazine rings is 1. The third-order valence-electron chi connectivity index (χ3n) is 4.60. The van der Waals surface area contributed by atoms with Gasteiger partial charge in [0, 0.05) is 36.7 Å². The number of aliphatic carboxylic acids is 1. The number of carboxylic acid groups (broad SMARTS) is 1. The zero-order chi connectivity index (χ0) is 17.8. The van der Waals surface area contributed by atoms with E-state index in [0.29, 0.717) is 29.5 Å². The van der Waals surface area contributed by atoms with Crippen molar-refractivity contribution in [3.8, 4) is 0 Å². The highest BCUT2D eigenvalue weighted by molar-refractivity contribution is 5.95. The van der Waals surface area contributed by atoms with E-state index in [-0.39, 0.29) is 12.5 Å². The Morgan fingerprint density at radius 2 is 1.72 bits per heavy atom. The van der Waals surface area contributed by atoms with E-state index in [1.807, 2.05) is 0 Å². The lowest BCUT2D eigenvalue weighted by Crippen LogP contribution is -2.67. The van der Waals surface area contributed by atoms with Crippen molar-refractivity contribution in [1.29, 1.82) is 0 Å². The first kappa shape index (κ1) is 17.4. The van der Waals surface area contributed by atoms with Crippen molar-refractivity contribution < 1.29 is 19.5 Å². The average Bonchev–Trinajstić information content (AvgIpc) is 3.45. The van der Waals surface area contributed by atoms with Crippen LogP contribution in [0.5, 0.6) is 0 Å².